The monoisotopic (exact) mass is 387 g/mol. The summed E-state index contributed by atoms with van der Waals surface area (Å²) in [6.45, 7) is 3.28. The average molecular weight is 387 g/mol. The largest absolute Gasteiger partial charge is 0.481 e. The summed E-state index contributed by atoms with van der Waals surface area (Å²) in [5.41, 5.74) is 1.40. The molecule has 1 aliphatic rings. The lowest BCUT2D eigenvalue weighted by molar-refractivity contribution is -0.145. The summed E-state index contributed by atoms with van der Waals surface area (Å²) in [6.07, 6.45) is 2.90. The SMILES string of the molecule is Cc1cccc2c(=O)n(CCC(=O)NCC(C(=O)O)C3CCOCC3)cnc12. The second kappa shape index (κ2) is 8.97. The van der Waals surface area contributed by atoms with E-state index in [1.807, 2.05) is 13.0 Å². The van der Waals surface area contributed by atoms with E-state index in [0.29, 0.717) is 37.0 Å². The summed E-state index contributed by atoms with van der Waals surface area (Å²) in [5.74, 6) is -1.81. The summed E-state index contributed by atoms with van der Waals surface area (Å²) in [4.78, 5) is 40.6. The number of carboxylic acids is 1. The van der Waals surface area contributed by atoms with Crippen LogP contribution in [0.15, 0.2) is 29.3 Å². The van der Waals surface area contributed by atoms with E-state index >= 15 is 0 Å². The fraction of sp³-hybridized carbons (Fsp3) is 0.500. The molecule has 1 aromatic carbocycles. The molecule has 1 aromatic heterocycles. The first-order chi connectivity index (χ1) is 13.5. The number of benzene rings is 1. The molecule has 8 nitrogen and oxygen atoms in total. The van der Waals surface area contributed by atoms with E-state index in [2.05, 4.69) is 10.3 Å². The Labute approximate surface area is 162 Å². The summed E-state index contributed by atoms with van der Waals surface area (Å²) in [6, 6.07) is 5.42. The highest BCUT2D eigenvalue weighted by atomic mass is 16.5. The Balaban J connectivity index is 1.58. The summed E-state index contributed by atoms with van der Waals surface area (Å²) >= 11 is 0. The number of hydrogen-bond acceptors (Lipinski definition) is 5. The van der Waals surface area contributed by atoms with Gasteiger partial charge in [-0.25, -0.2) is 4.98 Å². The number of rotatable bonds is 7. The lowest BCUT2D eigenvalue weighted by atomic mass is 9.86. The van der Waals surface area contributed by atoms with Crippen molar-refractivity contribution in [1.29, 1.82) is 0 Å². The van der Waals surface area contributed by atoms with Crippen LogP contribution in [0.25, 0.3) is 10.9 Å². The van der Waals surface area contributed by atoms with E-state index in [1.54, 1.807) is 12.1 Å². The van der Waals surface area contributed by atoms with Gasteiger partial charge < -0.3 is 15.2 Å². The third kappa shape index (κ3) is 4.56. The van der Waals surface area contributed by atoms with Gasteiger partial charge in [-0.3, -0.25) is 19.0 Å². The maximum absolute atomic E-state index is 12.6. The van der Waals surface area contributed by atoms with Gasteiger partial charge in [-0.1, -0.05) is 12.1 Å². The summed E-state index contributed by atoms with van der Waals surface area (Å²) < 4.78 is 6.68. The molecule has 1 amide bonds. The topological polar surface area (TPSA) is 111 Å². The van der Waals surface area contributed by atoms with Crippen LogP contribution in [-0.2, 0) is 20.9 Å². The number of hydrogen-bond donors (Lipinski definition) is 2. The first kappa shape index (κ1) is 20.0. The molecule has 1 unspecified atom stereocenters. The van der Waals surface area contributed by atoms with Crippen molar-refractivity contribution in [3.05, 3.63) is 40.4 Å². The van der Waals surface area contributed by atoms with Gasteiger partial charge in [0.2, 0.25) is 5.91 Å². The van der Waals surface area contributed by atoms with Crippen LogP contribution >= 0.6 is 0 Å². The van der Waals surface area contributed by atoms with Crippen LogP contribution in [-0.4, -0.2) is 46.3 Å². The average Bonchev–Trinajstić information content (AvgIpc) is 2.69. The predicted octanol–water partition coefficient (Wildman–Crippen LogP) is 1.34. The number of aliphatic carboxylic acids is 1. The number of para-hydroxylation sites is 1. The molecule has 1 aliphatic heterocycles. The first-order valence-electron chi connectivity index (χ1n) is 9.49. The summed E-state index contributed by atoms with van der Waals surface area (Å²) in [7, 11) is 0. The molecule has 3 rings (SSSR count). The Bertz CT molecular complexity index is 918. The second-order valence-electron chi connectivity index (χ2n) is 7.16. The summed E-state index contributed by atoms with van der Waals surface area (Å²) in [5, 5.41) is 12.7. The minimum atomic E-state index is -0.905. The van der Waals surface area contributed by atoms with Gasteiger partial charge in [0.25, 0.3) is 5.56 Å². The number of amides is 1. The molecule has 2 heterocycles. The molecule has 0 radical (unpaired) electrons. The normalized spacial score (nSPS) is 16.0. The minimum Gasteiger partial charge on any atom is -0.481 e. The Morgan fingerprint density at radius 3 is 2.82 bits per heavy atom. The van der Waals surface area contributed by atoms with Gasteiger partial charge >= 0.3 is 5.97 Å². The van der Waals surface area contributed by atoms with Crippen molar-refractivity contribution >= 4 is 22.8 Å². The number of carbonyl (C=O) groups is 2. The van der Waals surface area contributed by atoms with Gasteiger partial charge in [-0.05, 0) is 37.3 Å². The molecule has 150 valence electrons. The quantitative estimate of drug-likeness (QED) is 0.742. The highest BCUT2D eigenvalue weighted by Gasteiger charge is 2.29. The molecule has 2 aromatic rings. The van der Waals surface area contributed by atoms with E-state index in [4.69, 9.17) is 4.74 Å². The highest BCUT2D eigenvalue weighted by molar-refractivity contribution is 5.80. The number of carbonyl (C=O) groups excluding carboxylic acids is 1. The molecule has 0 saturated carbocycles. The number of aryl methyl sites for hydroxylation is 2. The van der Waals surface area contributed by atoms with E-state index in [-0.39, 0.29) is 36.9 Å². The van der Waals surface area contributed by atoms with Crippen molar-refractivity contribution in [2.75, 3.05) is 19.8 Å². The van der Waals surface area contributed by atoms with Gasteiger partial charge in [-0.15, -0.1) is 0 Å². The van der Waals surface area contributed by atoms with E-state index in [1.165, 1.54) is 10.9 Å². The van der Waals surface area contributed by atoms with Crippen LogP contribution in [0.3, 0.4) is 0 Å². The Morgan fingerprint density at radius 1 is 1.36 bits per heavy atom. The Kier molecular flexibility index (Phi) is 6.41. The number of carboxylic acid groups (broad SMARTS) is 1. The lowest BCUT2D eigenvalue weighted by Crippen LogP contribution is -2.39. The van der Waals surface area contributed by atoms with Crippen molar-refractivity contribution < 1.29 is 19.4 Å². The van der Waals surface area contributed by atoms with E-state index < -0.39 is 11.9 Å². The molecule has 2 N–H and O–H groups in total. The van der Waals surface area contributed by atoms with Crippen molar-refractivity contribution in [3.63, 3.8) is 0 Å². The van der Waals surface area contributed by atoms with Crippen molar-refractivity contribution in [2.24, 2.45) is 11.8 Å². The van der Waals surface area contributed by atoms with E-state index in [9.17, 15) is 19.5 Å². The van der Waals surface area contributed by atoms with Gasteiger partial charge in [0, 0.05) is 32.7 Å². The number of aromatic nitrogens is 2. The molecular weight excluding hydrogens is 362 g/mol. The molecule has 0 spiro atoms. The van der Waals surface area contributed by atoms with Gasteiger partial charge in [0.1, 0.15) is 0 Å². The fourth-order valence-corrected chi connectivity index (χ4v) is 3.60. The van der Waals surface area contributed by atoms with Crippen LogP contribution in [0, 0.1) is 18.8 Å². The number of fused-ring (bicyclic) bond motifs is 1. The molecular formula is C20H25N3O5. The first-order valence-corrected chi connectivity index (χ1v) is 9.49. The van der Waals surface area contributed by atoms with Gasteiger partial charge in [0.15, 0.2) is 0 Å². The van der Waals surface area contributed by atoms with Crippen LogP contribution in [0.5, 0.6) is 0 Å². The zero-order valence-corrected chi connectivity index (χ0v) is 15.9. The molecule has 8 heteroatoms. The maximum Gasteiger partial charge on any atom is 0.308 e. The third-order valence-corrected chi connectivity index (χ3v) is 5.31. The van der Waals surface area contributed by atoms with Crippen LogP contribution < -0.4 is 10.9 Å². The van der Waals surface area contributed by atoms with Gasteiger partial charge in [0.05, 0.1) is 23.1 Å². The van der Waals surface area contributed by atoms with Gasteiger partial charge in [-0.2, -0.15) is 0 Å². The van der Waals surface area contributed by atoms with Crippen molar-refractivity contribution in [3.8, 4) is 0 Å². The molecule has 1 fully saturated rings. The van der Waals surface area contributed by atoms with Crippen LogP contribution in [0.1, 0.15) is 24.8 Å². The number of ether oxygens (including phenoxy) is 1. The Morgan fingerprint density at radius 2 is 2.11 bits per heavy atom. The van der Waals surface area contributed by atoms with Crippen molar-refractivity contribution in [2.45, 2.75) is 32.7 Å². The highest BCUT2D eigenvalue weighted by Crippen LogP contribution is 2.23. The number of nitrogens with zero attached hydrogens (tertiary/aromatic N) is 2. The fourth-order valence-electron chi connectivity index (χ4n) is 3.60. The molecule has 0 aliphatic carbocycles. The van der Waals surface area contributed by atoms with Crippen LogP contribution in [0.2, 0.25) is 0 Å². The maximum atomic E-state index is 12.6. The van der Waals surface area contributed by atoms with Crippen molar-refractivity contribution in [1.82, 2.24) is 14.9 Å². The van der Waals surface area contributed by atoms with E-state index in [0.717, 1.165) is 5.56 Å². The Hall–Kier alpha value is -2.74. The number of nitrogens with one attached hydrogen (secondary N) is 1. The molecule has 0 bridgehead atoms. The minimum absolute atomic E-state index is 0.00194. The smallest absolute Gasteiger partial charge is 0.308 e. The molecule has 1 saturated heterocycles. The standard InChI is InChI=1S/C20H25N3O5/c1-13-3-2-4-15-18(13)22-12-23(19(15)25)8-5-17(24)21-11-16(20(26)27)14-6-9-28-10-7-14/h2-4,12,14,16H,5-11H2,1H3,(H,21,24)(H,26,27). The third-order valence-electron chi connectivity index (χ3n) is 5.31. The zero-order valence-electron chi connectivity index (χ0n) is 15.9. The molecule has 28 heavy (non-hydrogen) atoms. The second-order valence-corrected chi connectivity index (χ2v) is 7.16. The van der Waals surface area contributed by atoms with Crippen LogP contribution in [0.4, 0.5) is 0 Å². The predicted molar refractivity (Wildman–Crippen MR) is 103 cm³/mol. The zero-order chi connectivity index (χ0) is 20.1. The lowest BCUT2D eigenvalue weighted by Gasteiger charge is -2.27. The molecule has 1 atom stereocenters.